The van der Waals surface area contributed by atoms with Crippen LogP contribution in [0.15, 0.2) is 15.7 Å². The molecule has 180 valence electrons. The number of alkyl halides is 3. The third-order valence-corrected chi connectivity index (χ3v) is 7.03. The number of amides is 1. The maximum Gasteiger partial charge on any atom is 0.417 e. The molecule has 2 aromatic rings. The number of anilines is 1. The normalized spacial score (nSPS) is 21.1. The molecule has 6 nitrogen and oxygen atoms in total. The number of halogens is 5. The number of thioether (sulfide) groups is 1. The fourth-order valence-electron chi connectivity index (χ4n) is 4.39. The van der Waals surface area contributed by atoms with Crippen LogP contribution in [0, 0.1) is 5.82 Å². The Morgan fingerprint density at radius 3 is 2.30 bits per heavy atom. The molecule has 2 saturated heterocycles. The lowest BCUT2D eigenvalue weighted by atomic mass is 10.1. The van der Waals surface area contributed by atoms with Crippen LogP contribution in [0.5, 0.6) is 0 Å². The van der Waals surface area contributed by atoms with Crippen molar-refractivity contribution < 1.29 is 27.1 Å². The van der Waals surface area contributed by atoms with Gasteiger partial charge in [-0.2, -0.15) is 13.2 Å². The fourth-order valence-corrected chi connectivity index (χ4v) is 5.28. The van der Waals surface area contributed by atoms with Crippen molar-refractivity contribution in [3.8, 4) is 0 Å². The monoisotopic (exact) mass is 550 g/mol. The third-order valence-electron chi connectivity index (χ3n) is 5.70. The van der Waals surface area contributed by atoms with Crippen molar-refractivity contribution in [3.05, 3.63) is 21.9 Å². The lowest BCUT2D eigenvalue weighted by molar-refractivity contribution is -0.138. The first-order valence-corrected chi connectivity index (χ1v) is 12.4. The van der Waals surface area contributed by atoms with Crippen molar-refractivity contribution in [2.75, 3.05) is 24.2 Å². The van der Waals surface area contributed by atoms with Gasteiger partial charge >= 0.3 is 12.3 Å². The number of ether oxygens (including phenoxy) is 1. The predicted molar refractivity (Wildman–Crippen MR) is 121 cm³/mol. The highest BCUT2D eigenvalue weighted by Crippen LogP contribution is 2.42. The summed E-state index contributed by atoms with van der Waals surface area (Å²) in [6.07, 6.45) is -1.95. The van der Waals surface area contributed by atoms with Gasteiger partial charge in [-0.15, -0.1) is 0 Å². The Bertz CT molecular complexity index is 1090. The zero-order valence-corrected chi connectivity index (χ0v) is 20.9. The summed E-state index contributed by atoms with van der Waals surface area (Å²) >= 11 is 3.92. The highest BCUT2D eigenvalue weighted by molar-refractivity contribution is 9.10. The molecule has 4 rings (SSSR count). The quantitative estimate of drug-likeness (QED) is 0.265. The maximum atomic E-state index is 15.0. The molecule has 2 aliphatic rings. The fraction of sp³-hybridized carbons (Fsp3) is 0.571. The summed E-state index contributed by atoms with van der Waals surface area (Å²) in [5.41, 5.74) is -1.93. The molecule has 12 heteroatoms. The molecule has 3 heterocycles. The van der Waals surface area contributed by atoms with Crippen LogP contribution in [0.2, 0.25) is 0 Å². The van der Waals surface area contributed by atoms with Gasteiger partial charge in [0.25, 0.3) is 0 Å². The molecular formula is C21H23BrF4N4O2S. The van der Waals surface area contributed by atoms with Gasteiger partial charge in [0.05, 0.1) is 22.1 Å². The van der Waals surface area contributed by atoms with Crippen LogP contribution in [-0.4, -0.2) is 58.0 Å². The minimum atomic E-state index is -4.75. The number of nitrogens with zero attached hydrogens (tertiary/aromatic N) is 4. The molecule has 0 N–H and O–H groups in total. The molecule has 2 fully saturated rings. The molecule has 0 saturated carbocycles. The van der Waals surface area contributed by atoms with E-state index in [0.29, 0.717) is 13.1 Å². The predicted octanol–water partition coefficient (Wildman–Crippen LogP) is 5.86. The van der Waals surface area contributed by atoms with E-state index in [0.717, 1.165) is 18.9 Å². The van der Waals surface area contributed by atoms with Crippen LogP contribution in [0.25, 0.3) is 10.9 Å². The number of hydrogen-bond donors (Lipinski definition) is 0. The van der Waals surface area contributed by atoms with Crippen LogP contribution in [-0.2, 0) is 10.9 Å². The average Bonchev–Trinajstić information content (AvgIpc) is 2.97. The number of benzene rings is 1. The zero-order chi connectivity index (χ0) is 24.3. The Hall–Kier alpha value is -1.82. The smallest absolute Gasteiger partial charge is 0.417 e. The van der Waals surface area contributed by atoms with Gasteiger partial charge in [0.15, 0.2) is 11.0 Å². The summed E-state index contributed by atoms with van der Waals surface area (Å²) in [5.74, 6) is -0.837. The molecule has 1 aromatic heterocycles. The van der Waals surface area contributed by atoms with Gasteiger partial charge in [0.1, 0.15) is 16.9 Å². The highest BCUT2D eigenvalue weighted by atomic mass is 79.9. The Balaban J connectivity index is 1.76. The second-order valence-corrected chi connectivity index (χ2v) is 10.7. The number of aromatic nitrogens is 2. The topological polar surface area (TPSA) is 58.6 Å². The molecule has 1 amide bonds. The molecule has 33 heavy (non-hydrogen) atoms. The van der Waals surface area contributed by atoms with E-state index in [-0.39, 0.29) is 34.0 Å². The van der Waals surface area contributed by atoms with E-state index >= 15 is 4.39 Å². The number of hydrogen-bond acceptors (Lipinski definition) is 6. The first kappa shape index (κ1) is 24.3. The number of carbonyl (C=O) groups excluding carboxylic acids is 1. The highest BCUT2D eigenvalue weighted by Gasteiger charge is 2.45. The Morgan fingerprint density at radius 2 is 1.79 bits per heavy atom. The minimum absolute atomic E-state index is 0.00839. The lowest BCUT2D eigenvalue weighted by Gasteiger charge is -2.42. The van der Waals surface area contributed by atoms with E-state index in [1.807, 2.05) is 4.90 Å². The summed E-state index contributed by atoms with van der Waals surface area (Å²) in [7, 11) is 0. The van der Waals surface area contributed by atoms with Crippen molar-refractivity contribution in [1.82, 2.24) is 14.9 Å². The summed E-state index contributed by atoms with van der Waals surface area (Å²) in [6, 6.07) is 0.539. The second-order valence-electron chi connectivity index (χ2n) is 9.16. The molecule has 0 radical (unpaired) electrons. The Morgan fingerprint density at radius 1 is 1.18 bits per heavy atom. The van der Waals surface area contributed by atoms with Crippen LogP contribution < -0.4 is 4.90 Å². The van der Waals surface area contributed by atoms with Crippen molar-refractivity contribution in [2.24, 2.45) is 0 Å². The van der Waals surface area contributed by atoms with Gasteiger partial charge in [-0.05, 0) is 61.9 Å². The lowest BCUT2D eigenvalue weighted by Crippen LogP contribution is -2.57. The van der Waals surface area contributed by atoms with E-state index < -0.39 is 33.7 Å². The Labute approximate surface area is 201 Å². The molecule has 2 unspecified atom stereocenters. The first-order valence-electron chi connectivity index (χ1n) is 10.4. The van der Waals surface area contributed by atoms with E-state index in [4.69, 9.17) is 4.74 Å². The van der Waals surface area contributed by atoms with Crippen LogP contribution in [0.3, 0.4) is 0 Å². The molecule has 1 aromatic carbocycles. The summed E-state index contributed by atoms with van der Waals surface area (Å²) in [6.45, 7) is 6.10. The van der Waals surface area contributed by atoms with E-state index in [1.54, 1.807) is 31.9 Å². The second kappa shape index (κ2) is 8.44. The van der Waals surface area contributed by atoms with Gasteiger partial charge in [0, 0.05) is 18.5 Å². The van der Waals surface area contributed by atoms with Crippen molar-refractivity contribution >= 4 is 50.5 Å². The van der Waals surface area contributed by atoms with Gasteiger partial charge in [-0.1, -0.05) is 11.8 Å². The molecular weight excluding hydrogens is 528 g/mol. The van der Waals surface area contributed by atoms with Gasteiger partial charge in [-0.25, -0.2) is 19.2 Å². The van der Waals surface area contributed by atoms with E-state index in [9.17, 15) is 18.0 Å². The van der Waals surface area contributed by atoms with Crippen molar-refractivity contribution in [1.29, 1.82) is 0 Å². The summed E-state index contributed by atoms with van der Waals surface area (Å²) in [5, 5.41) is 0.246. The van der Waals surface area contributed by atoms with E-state index in [1.165, 1.54) is 11.8 Å². The first-order chi connectivity index (χ1) is 15.3. The number of carbonyl (C=O) groups is 1. The van der Waals surface area contributed by atoms with Crippen LogP contribution >= 0.6 is 27.7 Å². The molecule has 0 spiro atoms. The molecule has 0 aliphatic carbocycles. The van der Waals surface area contributed by atoms with Crippen molar-refractivity contribution in [2.45, 2.75) is 62.6 Å². The van der Waals surface area contributed by atoms with E-state index in [2.05, 4.69) is 25.9 Å². The maximum absolute atomic E-state index is 15.0. The van der Waals surface area contributed by atoms with Gasteiger partial charge in [0.2, 0.25) is 0 Å². The minimum Gasteiger partial charge on any atom is -0.444 e. The summed E-state index contributed by atoms with van der Waals surface area (Å²) < 4.78 is 60.6. The van der Waals surface area contributed by atoms with Crippen molar-refractivity contribution in [3.63, 3.8) is 0 Å². The largest absolute Gasteiger partial charge is 0.444 e. The third kappa shape index (κ3) is 4.60. The average molecular weight is 551 g/mol. The molecule has 2 atom stereocenters. The van der Waals surface area contributed by atoms with Crippen LogP contribution in [0.1, 0.15) is 39.2 Å². The Kier molecular flexibility index (Phi) is 6.22. The molecule has 2 bridgehead atoms. The number of rotatable bonds is 2. The van der Waals surface area contributed by atoms with Gasteiger partial charge < -0.3 is 9.64 Å². The van der Waals surface area contributed by atoms with Gasteiger partial charge in [-0.3, -0.25) is 4.90 Å². The SMILES string of the molecule is CSc1nc(N2CC3CCC(C2)N3C(=O)OC(C)(C)C)c2cc(C(F)(F)F)c(Br)c(F)c2n1. The number of fused-ring (bicyclic) bond motifs is 3. The van der Waals surface area contributed by atoms with Crippen LogP contribution in [0.4, 0.5) is 28.2 Å². The summed E-state index contributed by atoms with van der Waals surface area (Å²) in [4.78, 5) is 24.9. The zero-order valence-electron chi connectivity index (χ0n) is 18.5. The standard InChI is InChI=1S/C21H23BrF4N4O2S/c1-20(2,3)32-19(31)30-10-5-6-11(30)9-29(8-10)17-12-7-13(21(24,25)26)14(22)15(23)16(12)27-18(28-17)33-4/h7,10-11H,5-6,8-9H2,1-4H3. The number of piperazine rings is 1. The molecule has 2 aliphatic heterocycles.